The molecule has 0 bridgehead atoms. The maximum atomic E-state index is 9.71. The fourth-order valence-corrected chi connectivity index (χ4v) is 5.89. The van der Waals surface area contributed by atoms with Crippen LogP contribution in [0.25, 0.3) is 11.0 Å². The number of aromatic nitrogens is 1. The molecule has 1 N–H and O–H groups in total. The molecule has 2 atom stereocenters. The number of fused-ring (bicyclic) bond motifs is 1. The van der Waals surface area contributed by atoms with Crippen LogP contribution in [0.2, 0.25) is 0 Å². The summed E-state index contributed by atoms with van der Waals surface area (Å²) in [7, 11) is 0. The molecular weight excluding hydrogens is 400 g/mol. The van der Waals surface area contributed by atoms with Crippen molar-refractivity contribution in [1.29, 1.82) is 0 Å². The Balaban J connectivity index is 1.11. The van der Waals surface area contributed by atoms with E-state index in [0.29, 0.717) is 18.4 Å². The van der Waals surface area contributed by atoms with E-state index in [4.69, 9.17) is 9.26 Å². The molecule has 1 aliphatic heterocycles. The van der Waals surface area contributed by atoms with Crippen molar-refractivity contribution in [2.75, 3.05) is 32.8 Å². The first-order valence-corrected chi connectivity index (χ1v) is 13.0. The zero-order valence-corrected chi connectivity index (χ0v) is 19.7. The number of nitrogens with zero attached hydrogens (tertiary/aromatic N) is 2. The molecule has 2 heterocycles. The van der Waals surface area contributed by atoms with E-state index in [0.717, 1.165) is 52.8 Å². The van der Waals surface area contributed by atoms with Crippen LogP contribution in [0, 0.1) is 30.6 Å². The predicted molar refractivity (Wildman–Crippen MR) is 127 cm³/mol. The Morgan fingerprint density at radius 1 is 1.03 bits per heavy atom. The molecule has 3 fully saturated rings. The topological polar surface area (TPSA) is 58.7 Å². The van der Waals surface area contributed by atoms with Gasteiger partial charge in [-0.25, -0.2) is 0 Å². The van der Waals surface area contributed by atoms with Crippen LogP contribution in [0.5, 0.6) is 5.75 Å². The third-order valence-electron chi connectivity index (χ3n) is 8.38. The van der Waals surface area contributed by atoms with Crippen LogP contribution in [0.3, 0.4) is 0 Å². The summed E-state index contributed by atoms with van der Waals surface area (Å²) in [6, 6.07) is 4.24. The van der Waals surface area contributed by atoms with Gasteiger partial charge in [0.25, 0.3) is 0 Å². The minimum Gasteiger partial charge on any atom is -0.493 e. The molecule has 1 saturated heterocycles. The Morgan fingerprint density at radius 2 is 1.81 bits per heavy atom. The van der Waals surface area contributed by atoms with Gasteiger partial charge in [0, 0.05) is 24.1 Å². The van der Waals surface area contributed by atoms with Gasteiger partial charge in [-0.05, 0) is 107 Å². The van der Waals surface area contributed by atoms with E-state index >= 15 is 0 Å². The Kier molecular flexibility index (Phi) is 7.03. The van der Waals surface area contributed by atoms with Gasteiger partial charge in [0.05, 0.1) is 12.3 Å². The second-order valence-electron chi connectivity index (χ2n) is 10.7. The molecule has 32 heavy (non-hydrogen) atoms. The van der Waals surface area contributed by atoms with Crippen molar-refractivity contribution in [3.05, 3.63) is 23.4 Å². The molecule has 176 valence electrons. The second-order valence-corrected chi connectivity index (χ2v) is 10.7. The average Bonchev–Trinajstić information content (AvgIpc) is 3.56. The predicted octanol–water partition coefficient (Wildman–Crippen LogP) is 5.37. The van der Waals surface area contributed by atoms with Crippen LogP contribution in [0.1, 0.15) is 69.0 Å². The van der Waals surface area contributed by atoms with E-state index in [-0.39, 0.29) is 0 Å². The van der Waals surface area contributed by atoms with Crippen molar-refractivity contribution >= 4 is 11.0 Å². The lowest BCUT2D eigenvalue weighted by molar-refractivity contribution is 0.0826. The van der Waals surface area contributed by atoms with E-state index in [9.17, 15) is 5.11 Å². The molecule has 2 unspecified atom stereocenters. The molecule has 5 nitrogen and oxygen atoms in total. The number of hydrogen-bond donors (Lipinski definition) is 1. The smallest absolute Gasteiger partial charge is 0.173 e. The summed E-state index contributed by atoms with van der Waals surface area (Å²) in [6.45, 7) is 6.90. The molecule has 1 aromatic carbocycles. The lowest BCUT2D eigenvalue weighted by atomic mass is 9.79. The van der Waals surface area contributed by atoms with Crippen LogP contribution in [-0.4, -0.2) is 48.0 Å². The third-order valence-corrected chi connectivity index (χ3v) is 8.38. The van der Waals surface area contributed by atoms with Gasteiger partial charge >= 0.3 is 0 Å². The highest BCUT2D eigenvalue weighted by molar-refractivity contribution is 5.84. The molecule has 0 amide bonds. The van der Waals surface area contributed by atoms with Gasteiger partial charge in [0.2, 0.25) is 0 Å². The Bertz CT molecular complexity index is 882. The first-order chi connectivity index (χ1) is 15.7. The largest absolute Gasteiger partial charge is 0.493 e. The van der Waals surface area contributed by atoms with E-state index in [1.807, 2.05) is 0 Å². The van der Waals surface area contributed by atoms with Crippen molar-refractivity contribution in [1.82, 2.24) is 10.1 Å². The summed E-state index contributed by atoms with van der Waals surface area (Å²) < 4.78 is 11.8. The highest BCUT2D eigenvalue weighted by Crippen LogP contribution is 2.35. The van der Waals surface area contributed by atoms with Gasteiger partial charge in [-0.2, -0.15) is 0 Å². The van der Waals surface area contributed by atoms with Crippen molar-refractivity contribution in [2.24, 2.45) is 23.7 Å². The molecule has 5 heteroatoms. The van der Waals surface area contributed by atoms with Crippen molar-refractivity contribution < 1.29 is 14.4 Å². The standard InChI is InChI=1S/C27H40N2O3/c1-19-26(31-18-21-6-7-21)11-9-24-25(28-32-27(19)24)10-8-20-12-14-29(15-13-20)16-22-4-2-3-5-23(22)17-30/h9,11,20-23,30H,2-8,10,12-18H2,1H3. The van der Waals surface area contributed by atoms with Crippen LogP contribution in [0.4, 0.5) is 0 Å². The number of rotatable bonds is 9. The summed E-state index contributed by atoms with van der Waals surface area (Å²) in [5.74, 6) is 3.71. The monoisotopic (exact) mass is 440 g/mol. The van der Waals surface area contributed by atoms with E-state index < -0.39 is 0 Å². The average molecular weight is 441 g/mol. The van der Waals surface area contributed by atoms with E-state index in [1.165, 1.54) is 77.4 Å². The molecule has 5 rings (SSSR count). The molecule has 0 spiro atoms. The summed E-state index contributed by atoms with van der Waals surface area (Å²) in [5.41, 5.74) is 3.08. The van der Waals surface area contributed by atoms with Gasteiger partial charge in [-0.3, -0.25) is 0 Å². The maximum Gasteiger partial charge on any atom is 0.173 e. The molecule has 3 aliphatic rings. The first-order valence-electron chi connectivity index (χ1n) is 13.0. The highest BCUT2D eigenvalue weighted by Gasteiger charge is 2.28. The molecule has 0 radical (unpaired) electrons. The minimum absolute atomic E-state index is 0.375. The third kappa shape index (κ3) is 5.14. The normalized spacial score (nSPS) is 25.4. The second kappa shape index (κ2) is 10.1. The molecule has 2 saturated carbocycles. The summed E-state index contributed by atoms with van der Waals surface area (Å²) in [6.07, 6.45) is 12.5. The maximum absolute atomic E-state index is 9.71. The van der Waals surface area contributed by atoms with Crippen molar-refractivity contribution in [2.45, 2.75) is 71.1 Å². The van der Waals surface area contributed by atoms with Crippen LogP contribution in [0.15, 0.2) is 16.7 Å². The van der Waals surface area contributed by atoms with Gasteiger partial charge < -0.3 is 19.3 Å². The Morgan fingerprint density at radius 3 is 2.56 bits per heavy atom. The van der Waals surface area contributed by atoms with Gasteiger partial charge in [-0.15, -0.1) is 0 Å². The zero-order chi connectivity index (χ0) is 21.9. The molecular formula is C27H40N2O3. The van der Waals surface area contributed by atoms with Crippen molar-refractivity contribution in [3.8, 4) is 5.75 Å². The van der Waals surface area contributed by atoms with Gasteiger partial charge in [0.15, 0.2) is 5.58 Å². The number of piperidine rings is 1. The SMILES string of the molecule is Cc1c(OCC2CC2)ccc2c(CCC3CCN(CC4CCCCC4CO)CC3)noc12. The van der Waals surface area contributed by atoms with Crippen LogP contribution >= 0.6 is 0 Å². The van der Waals surface area contributed by atoms with E-state index in [2.05, 4.69) is 29.1 Å². The summed E-state index contributed by atoms with van der Waals surface area (Å²) >= 11 is 0. The Hall–Kier alpha value is -1.59. The van der Waals surface area contributed by atoms with Gasteiger partial charge in [-0.1, -0.05) is 18.0 Å². The quantitative estimate of drug-likeness (QED) is 0.568. The number of benzene rings is 1. The highest BCUT2D eigenvalue weighted by atomic mass is 16.5. The fraction of sp³-hybridized carbons (Fsp3) is 0.741. The lowest BCUT2D eigenvalue weighted by Gasteiger charge is -2.38. The number of likely N-dealkylation sites (tertiary alicyclic amines) is 1. The van der Waals surface area contributed by atoms with E-state index in [1.54, 1.807) is 0 Å². The molecule has 1 aromatic heterocycles. The van der Waals surface area contributed by atoms with Crippen molar-refractivity contribution in [3.63, 3.8) is 0 Å². The summed E-state index contributed by atoms with van der Waals surface area (Å²) in [4.78, 5) is 2.66. The zero-order valence-electron chi connectivity index (χ0n) is 19.7. The van der Waals surface area contributed by atoms with Gasteiger partial charge in [0.1, 0.15) is 5.75 Å². The number of ether oxygens (including phenoxy) is 1. The van der Waals surface area contributed by atoms with Crippen LogP contribution < -0.4 is 4.74 Å². The minimum atomic E-state index is 0.375. The number of aliphatic hydroxyl groups excluding tert-OH is 1. The fourth-order valence-electron chi connectivity index (χ4n) is 5.89. The number of hydrogen-bond acceptors (Lipinski definition) is 5. The van der Waals surface area contributed by atoms with Crippen LogP contribution in [-0.2, 0) is 6.42 Å². The molecule has 2 aliphatic carbocycles. The number of aliphatic hydroxyl groups is 1. The summed E-state index contributed by atoms with van der Waals surface area (Å²) in [5, 5.41) is 15.3. The Labute approximate surface area is 192 Å². The molecule has 2 aromatic rings. The first kappa shape index (κ1) is 22.2. The number of aryl methyl sites for hydroxylation is 2. The lowest BCUT2D eigenvalue weighted by Crippen LogP contribution is -2.40.